The van der Waals surface area contributed by atoms with Crippen LogP contribution in [0.2, 0.25) is 0 Å². The smallest absolute Gasteiger partial charge is 0.326 e. The molecule has 0 aromatic carbocycles. The van der Waals surface area contributed by atoms with Crippen LogP contribution in [0.25, 0.3) is 0 Å². The molecule has 31 heavy (non-hydrogen) atoms. The van der Waals surface area contributed by atoms with Gasteiger partial charge in [0, 0.05) is 0 Å². The zero-order valence-corrected chi connectivity index (χ0v) is 16.4. The van der Waals surface area contributed by atoms with Crippen LogP contribution in [0.5, 0.6) is 0 Å². The number of rotatable bonds is 14. The second-order valence-electron chi connectivity index (χ2n) is 6.07. The van der Waals surface area contributed by atoms with E-state index in [9.17, 15) is 24.0 Å². The number of carboxylic acids is 1. The fourth-order valence-corrected chi connectivity index (χ4v) is 1.47. The maximum absolute atomic E-state index is 11.7. The van der Waals surface area contributed by atoms with Crippen LogP contribution >= 0.6 is 0 Å². The van der Waals surface area contributed by atoms with Gasteiger partial charge in [-0.2, -0.15) is 0 Å². The molecular weight excluding hydrogens is 426 g/mol. The average molecular weight is 453 g/mol. The summed E-state index contributed by atoms with van der Waals surface area (Å²) >= 11 is 0. The second kappa shape index (κ2) is 14.2. The standard InChI is InChI=1S/C15H27N5O11/c16-6(1-21)12(24)29-3-8(18)14(26)31-5-10(20)15(27)30-4-9(19)13(25)28-2-7(17)11(22)23/h6-10,21H,1-5,16-20H2,(H,22,23)/t6-,7-,8-,9-,10-/m0/s1. The lowest BCUT2D eigenvalue weighted by Crippen LogP contribution is -2.45. The van der Waals surface area contributed by atoms with Gasteiger partial charge >= 0.3 is 29.8 Å². The molecule has 12 N–H and O–H groups in total. The van der Waals surface area contributed by atoms with Gasteiger partial charge in [-0.1, -0.05) is 0 Å². The highest BCUT2D eigenvalue weighted by molar-refractivity contribution is 5.80. The Bertz CT molecular complexity index is 647. The van der Waals surface area contributed by atoms with Crippen LogP contribution in [-0.4, -0.2) is 103 Å². The Labute approximate surface area is 175 Å². The van der Waals surface area contributed by atoms with Gasteiger partial charge in [-0.15, -0.1) is 0 Å². The SMILES string of the molecule is N[C@@H](COC(=O)[C@@H](N)COC(=O)[C@@H](N)COC(=O)[C@@H](N)COC(=O)[C@@H](N)CO)C(=O)O. The van der Waals surface area contributed by atoms with Crippen molar-refractivity contribution in [2.45, 2.75) is 30.2 Å². The van der Waals surface area contributed by atoms with Crippen LogP contribution in [0.1, 0.15) is 0 Å². The fraction of sp³-hybridized carbons (Fsp3) is 0.667. The van der Waals surface area contributed by atoms with E-state index in [0.29, 0.717) is 0 Å². The number of aliphatic hydroxyl groups is 1. The highest BCUT2D eigenvalue weighted by atomic mass is 16.6. The van der Waals surface area contributed by atoms with Gasteiger partial charge in [0.05, 0.1) is 6.61 Å². The number of carbonyl (C=O) groups is 5. The third kappa shape index (κ3) is 11.2. The number of aliphatic carboxylic acids is 1. The quantitative estimate of drug-likeness (QED) is 0.0950. The van der Waals surface area contributed by atoms with E-state index in [1.165, 1.54) is 0 Å². The number of hydrogen-bond acceptors (Lipinski definition) is 15. The van der Waals surface area contributed by atoms with Crippen molar-refractivity contribution in [1.82, 2.24) is 0 Å². The third-order valence-electron chi connectivity index (χ3n) is 3.35. The number of carbonyl (C=O) groups excluding carboxylic acids is 4. The first-order valence-electron chi connectivity index (χ1n) is 8.68. The van der Waals surface area contributed by atoms with Gasteiger partial charge in [0.25, 0.3) is 0 Å². The maximum atomic E-state index is 11.7. The van der Waals surface area contributed by atoms with Crippen LogP contribution in [0.3, 0.4) is 0 Å². The van der Waals surface area contributed by atoms with E-state index in [4.69, 9.17) is 43.6 Å². The Morgan fingerprint density at radius 2 is 0.806 bits per heavy atom. The molecule has 0 aliphatic carbocycles. The Morgan fingerprint density at radius 1 is 0.548 bits per heavy atom. The Morgan fingerprint density at radius 3 is 1.06 bits per heavy atom. The molecule has 0 aliphatic rings. The first kappa shape index (κ1) is 28.1. The predicted molar refractivity (Wildman–Crippen MR) is 98.4 cm³/mol. The molecule has 0 saturated carbocycles. The second-order valence-corrected chi connectivity index (χ2v) is 6.07. The van der Waals surface area contributed by atoms with E-state index in [2.05, 4.69) is 14.2 Å². The maximum Gasteiger partial charge on any atom is 0.326 e. The minimum absolute atomic E-state index is 0.590. The van der Waals surface area contributed by atoms with Crippen molar-refractivity contribution in [2.75, 3.05) is 33.0 Å². The van der Waals surface area contributed by atoms with Crippen molar-refractivity contribution < 1.29 is 53.1 Å². The lowest BCUT2D eigenvalue weighted by Gasteiger charge is -2.17. The lowest BCUT2D eigenvalue weighted by molar-refractivity contribution is -0.155. The van der Waals surface area contributed by atoms with Gasteiger partial charge in [0.2, 0.25) is 0 Å². The molecule has 16 heteroatoms. The van der Waals surface area contributed by atoms with Crippen molar-refractivity contribution in [3.8, 4) is 0 Å². The molecule has 0 bridgehead atoms. The van der Waals surface area contributed by atoms with Gasteiger partial charge in [-0.05, 0) is 0 Å². The third-order valence-corrected chi connectivity index (χ3v) is 3.35. The molecule has 16 nitrogen and oxygen atoms in total. The van der Waals surface area contributed by atoms with Crippen molar-refractivity contribution in [3.63, 3.8) is 0 Å². The molecule has 5 atom stereocenters. The van der Waals surface area contributed by atoms with Gasteiger partial charge < -0.3 is 57.8 Å². The fourth-order valence-electron chi connectivity index (χ4n) is 1.47. The summed E-state index contributed by atoms with van der Waals surface area (Å²) in [5, 5.41) is 17.3. The van der Waals surface area contributed by atoms with E-state index < -0.39 is 93.1 Å². The van der Waals surface area contributed by atoms with E-state index >= 15 is 0 Å². The molecule has 0 radical (unpaired) electrons. The molecule has 0 aromatic heterocycles. The van der Waals surface area contributed by atoms with Crippen molar-refractivity contribution in [3.05, 3.63) is 0 Å². The van der Waals surface area contributed by atoms with Crippen molar-refractivity contribution in [2.24, 2.45) is 28.7 Å². The summed E-state index contributed by atoms with van der Waals surface area (Å²) in [5.41, 5.74) is 26.7. The zero-order valence-electron chi connectivity index (χ0n) is 16.4. The van der Waals surface area contributed by atoms with E-state index in [1.807, 2.05) is 0 Å². The van der Waals surface area contributed by atoms with Crippen LogP contribution in [0.4, 0.5) is 0 Å². The monoisotopic (exact) mass is 453 g/mol. The number of ether oxygens (including phenoxy) is 4. The number of aliphatic hydroxyl groups excluding tert-OH is 1. The van der Waals surface area contributed by atoms with Gasteiger partial charge in [0.1, 0.15) is 56.6 Å². The molecule has 0 spiro atoms. The summed E-state index contributed by atoms with van der Waals surface area (Å²) in [6.07, 6.45) is 0. The van der Waals surface area contributed by atoms with Gasteiger partial charge in [-0.3, -0.25) is 24.0 Å². The normalized spacial score (nSPS) is 15.5. The first-order valence-corrected chi connectivity index (χ1v) is 8.68. The molecular formula is C15H27N5O11. The molecule has 0 aliphatic heterocycles. The molecule has 0 aromatic rings. The molecule has 0 fully saturated rings. The number of esters is 4. The lowest BCUT2D eigenvalue weighted by atomic mass is 10.3. The highest BCUT2D eigenvalue weighted by Gasteiger charge is 2.25. The molecule has 0 unspecified atom stereocenters. The number of carboxylic acid groups (broad SMARTS) is 1. The van der Waals surface area contributed by atoms with Crippen molar-refractivity contribution >= 4 is 29.8 Å². The predicted octanol–water partition coefficient (Wildman–Crippen LogP) is -6.13. The molecule has 178 valence electrons. The first-order chi connectivity index (χ1) is 14.4. The van der Waals surface area contributed by atoms with Crippen LogP contribution in [0, 0.1) is 0 Å². The molecule has 0 heterocycles. The molecule has 0 amide bonds. The summed E-state index contributed by atoms with van der Waals surface area (Å²) in [6, 6.07) is -7.02. The van der Waals surface area contributed by atoms with E-state index in [-0.39, 0.29) is 0 Å². The largest absolute Gasteiger partial charge is 0.480 e. The molecule has 0 rings (SSSR count). The number of nitrogens with two attached hydrogens (primary N) is 5. The Kier molecular flexibility index (Phi) is 12.9. The summed E-state index contributed by atoms with van der Waals surface area (Å²) in [7, 11) is 0. The van der Waals surface area contributed by atoms with E-state index in [1.54, 1.807) is 0 Å². The Balaban J connectivity index is 4.25. The van der Waals surface area contributed by atoms with Crippen LogP contribution < -0.4 is 28.7 Å². The van der Waals surface area contributed by atoms with E-state index in [0.717, 1.165) is 0 Å². The summed E-state index contributed by atoms with van der Waals surface area (Å²) in [6.45, 7) is -3.18. The van der Waals surface area contributed by atoms with Gasteiger partial charge in [-0.25, -0.2) is 0 Å². The topological polar surface area (TPSA) is 293 Å². The Hall–Kier alpha value is -2.89. The highest BCUT2D eigenvalue weighted by Crippen LogP contribution is 1.96. The van der Waals surface area contributed by atoms with Crippen molar-refractivity contribution in [1.29, 1.82) is 0 Å². The number of hydrogen-bond donors (Lipinski definition) is 7. The van der Waals surface area contributed by atoms with Gasteiger partial charge in [0.15, 0.2) is 0 Å². The molecule has 0 saturated heterocycles. The van der Waals surface area contributed by atoms with Crippen LogP contribution in [-0.2, 0) is 42.9 Å². The summed E-state index contributed by atoms with van der Waals surface area (Å²) in [5.74, 6) is -5.56. The average Bonchev–Trinajstić information content (AvgIpc) is 2.75. The summed E-state index contributed by atoms with van der Waals surface area (Å²) < 4.78 is 18.5. The zero-order chi connectivity index (χ0) is 24.1. The minimum Gasteiger partial charge on any atom is -0.480 e. The summed E-state index contributed by atoms with van der Waals surface area (Å²) in [4.78, 5) is 56.8. The van der Waals surface area contributed by atoms with Crippen LogP contribution in [0.15, 0.2) is 0 Å². The minimum atomic E-state index is -1.45.